The molecule has 0 amide bonds. The maximum atomic E-state index is 12.2. The molecule has 228 valence electrons. The molecular formula is C40H38O5. The van der Waals surface area contributed by atoms with Crippen molar-refractivity contribution in [2.45, 2.75) is 39.9 Å². The monoisotopic (exact) mass is 598 g/mol. The van der Waals surface area contributed by atoms with Gasteiger partial charge in [0.1, 0.15) is 23.7 Å². The van der Waals surface area contributed by atoms with Crippen LogP contribution in [0.25, 0.3) is 34.4 Å². The van der Waals surface area contributed by atoms with Crippen LogP contribution in [0.4, 0.5) is 0 Å². The van der Waals surface area contributed by atoms with Gasteiger partial charge >= 0.3 is 11.9 Å². The number of hydrogen-bond acceptors (Lipinski definition) is 5. The molecule has 0 saturated heterocycles. The van der Waals surface area contributed by atoms with Crippen LogP contribution in [0.5, 0.6) is 11.5 Å². The molecule has 4 aromatic rings. The van der Waals surface area contributed by atoms with E-state index in [0.29, 0.717) is 22.6 Å². The summed E-state index contributed by atoms with van der Waals surface area (Å²) in [5.41, 5.74) is 7.75. The molecule has 45 heavy (non-hydrogen) atoms. The highest BCUT2D eigenvalue weighted by atomic mass is 16.5. The number of benzene rings is 4. The number of ether oxygens (including phenoxy) is 3. The molecule has 0 fully saturated rings. The van der Waals surface area contributed by atoms with Crippen molar-refractivity contribution in [2.75, 3.05) is 0 Å². The number of rotatable bonds is 12. The number of carbonyl (C=O) groups excluding carboxylic acids is 2. The zero-order valence-electron chi connectivity index (χ0n) is 26.3. The number of hydrogen-bond donors (Lipinski definition) is 0. The fourth-order valence-corrected chi connectivity index (χ4v) is 4.60. The van der Waals surface area contributed by atoms with E-state index in [4.69, 9.17) is 14.2 Å². The Morgan fingerprint density at radius 1 is 0.600 bits per heavy atom. The first-order valence-electron chi connectivity index (χ1n) is 14.6. The molecule has 0 aromatic heterocycles. The highest BCUT2D eigenvalue weighted by Gasteiger charge is 2.19. The van der Waals surface area contributed by atoms with Crippen molar-refractivity contribution in [3.63, 3.8) is 0 Å². The first-order valence-corrected chi connectivity index (χ1v) is 14.6. The minimum atomic E-state index is -0.504. The third-order valence-corrected chi connectivity index (χ3v) is 7.35. The molecule has 4 aromatic carbocycles. The topological polar surface area (TPSA) is 61.8 Å². The number of carbonyl (C=O) groups is 2. The second kappa shape index (κ2) is 14.4. The molecule has 0 saturated carbocycles. The summed E-state index contributed by atoms with van der Waals surface area (Å²) in [6, 6.07) is 27.4. The Morgan fingerprint density at radius 3 is 1.27 bits per heavy atom. The molecule has 0 aliphatic heterocycles. The van der Waals surface area contributed by atoms with Crippen molar-refractivity contribution in [3.8, 4) is 33.8 Å². The lowest BCUT2D eigenvalue weighted by Gasteiger charge is -2.20. The molecule has 0 heterocycles. The van der Waals surface area contributed by atoms with Gasteiger partial charge in [-0.1, -0.05) is 99.1 Å². The Balaban J connectivity index is 1.81. The number of esters is 2. The summed E-state index contributed by atoms with van der Waals surface area (Å²) in [7, 11) is 0. The van der Waals surface area contributed by atoms with E-state index in [-0.39, 0.29) is 0 Å². The average Bonchev–Trinajstić information content (AvgIpc) is 3.04. The van der Waals surface area contributed by atoms with Crippen molar-refractivity contribution in [1.82, 2.24) is 0 Å². The van der Waals surface area contributed by atoms with Crippen LogP contribution in [-0.4, -0.2) is 11.9 Å². The Hall–Kier alpha value is -5.42. The third-order valence-electron chi connectivity index (χ3n) is 7.35. The lowest BCUT2D eigenvalue weighted by atomic mass is 9.97. The molecule has 2 unspecified atom stereocenters. The van der Waals surface area contributed by atoms with Gasteiger partial charge in [-0.2, -0.15) is 0 Å². The SMILES string of the molecule is C=Cc1ccc(-c2cc(C(C)OC(=O)C(=C)C)ccc2Oc2ccc(C(C)OC(=O)C(=C)C)cc2-c2ccc(C=C)cc2)cc1. The second-order valence-electron chi connectivity index (χ2n) is 10.9. The Bertz CT molecular complexity index is 1630. The van der Waals surface area contributed by atoms with Crippen LogP contribution < -0.4 is 4.74 Å². The van der Waals surface area contributed by atoms with Crippen LogP contribution in [0.15, 0.2) is 122 Å². The predicted molar refractivity (Wildman–Crippen MR) is 183 cm³/mol. The van der Waals surface area contributed by atoms with Gasteiger partial charge in [0, 0.05) is 22.3 Å². The maximum absolute atomic E-state index is 12.2. The van der Waals surface area contributed by atoms with Crippen molar-refractivity contribution < 1.29 is 23.8 Å². The lowest BCUT2D eigenvalue weighted by Crippen LogP contribution is -2.09. The van der Waals surface area contributed by atoms with Crippen molar-refractivity contribution in [1.29, 1.82) is 0 Å². The largest absolute Gasteiger partial charge is 0.456 e. The Kier molecular flexibility index (Phi) is 10.4. The standard InChI is InChI=1S/C40H38O5/c1-9-29-11-15-31(16-12-29)35-23-33(27(7)43-39(41)25(3)4)19-21-37(35)45-38-22-20-34(28(8)44-40(42)26(5)6)24-36(38)32-17-13-30(10-2)14-18-32/h9-24,27-28H,1-3,5H2,4,6-8H3. The van der Waals surface area contributed by atoms with Crippen LogP contribution >= 0.6 is 0 Å². The Morgan fingerprint density at radius 2 is 0.956 bits per heavy atom. The quantitative estimate of drug-likeness (QED) is 0.120. The highest BCUT2D eigenvalue weighted by Crippen LogP contribution is 2.41. The molecule has 5 heteroatoms. The van der Waals surface area contributed by atoms with Gasteiger partial charge in [-0.25, -0.2) is 9.59 Å². The first kappa shape index (κ1) is 32.5. The van der Waals surface area contributed by atoms with E-state index >= 15 is 0 Å². The van der Waals surface area contributed by atoms with Crippen LogP contribution in [-0.2, 0) is 19.1 Å². The van der Waals surface area contributed by atoms with Crippen LogP contribution in [0.3, 0.4) is 0 Å². The van der Waals surface area contributed by atoms with Gasteiger partial charge in [0.25, 0.3) is 0 Å². The molecule has 0 N–H and O–H groups in total. The van der Waals surface area contributed by atoms with Crippen molar-refractivity contribution in [3.05, 3.63) is 145 Å². The summed E-state index contributed by atoms with van der Waals surface area (Å²) >= 11 is 0. The van der Waals surface area contributed by atoms with Gasteiger partial charge in [-0.3, -0.25) is 0 Å². The molecule has 0 aliphatic rings. The Labute approximate surface area is 265 Å². The van der Waals surface area contributed by atoms with E-state index in [9.17, 15) is 9.59 Å². The van der Waals surface area contributed by atoms with E-state index in [0.717, 1.165) is 44.5 Å². The lowest BCUT2D eigenvalue weighted by molar-refractivity contribution is -0.144. The third kappa shape index (κ3) is 7.95. The molecule has 5 nitrogen and oxygen atoms in total. The van der Waals surface area contributed by atoms with E-state index in [1.54, 1.807) is 26.0 Å². The van der Waals surface area contributed by atoms with Gasteiger partial charge in [0.05, 0.1) is 0 Å². The normalized spacial score (nSPS) is 11.9. The highest BCUT2D eigenvalue weighted by molar-refractivity contribution is 5.87. The average molecular weight is 599 g/mol. The zero-order valence-corrected chi connectivity index (χ0v) is 26.3. The van der Waals surface area contributed by atoms with Crippen LogP contribution in [0, 0.1) is 0 Å². The van der Waals surface area contributed by atoms with Crippen molar-refractivity contribution in [2.24, 2.45) is 0 Å². The molecule has 2 atom stereocenters. The summed E-state index contributed by atoms with van der Waals surface area (Å²) in [4.78, 5) is 24.5. The summed E-state index contributed by atoms with van der Waals surface area (Å²) < 4.78 is 17.9. The minimum Gasteiger partial charge on any atom is -0.456 e. The van der Waals surface area contributed by atoms with Crippen molar-refractivity contribution >= 4 is 24.1 Å². The van der Waals surface area contributed by atoms with E-state index in [2.05, 4.69) is 26.3 Å². The first-order chi connectivity index (χ1) is 21.5. The van der Waals surface area contributed by atoms with Gasteiger partial charge < -0.3 is 14.2 Å². The van der Waals surface area contributed by atoms with Gasteiger partial charge in [0.15, 0.2) is 0 Å². The van der Waals surface area contributed by atoms with E-state index < -0.39 is 24.1 Å². The fraction of sp³-hybridized carbons (Fsp3) is 0.150. The summed E-state index contributed by atoms with van der Waals surface area (Å²) in [6.45, 7) is 22.0. The van der Waals surface area contributed by atoms with Gasteiger partial charge in [-0.15, -0.1) is 0 Å². The van der Waals surface area contributed by atoms with Crippen LogP contribution in [0.1, 0.15) is 62.2 Å². The molecule has 0 bridgehead atoms. The zero-order chi connectivity index (χ0) is 32.7. The predicted octanol–water partition coefficient (Wildman–Crippen LogP) is 10.5. The van der Waals surface area contributed by atoms with Gasteiger partial charge in [0.2, 0.25) is 0 Å². The molecule has 4 rings (SSSR count). The summed E-state index contributed by atoms with van der Waals surface area (Å²) in [6.07, 6.45) is 2.57. The minimum absolute atomic E-state index is 0.336. The molecule has 0 radical (unpaired) electrons. The summed E-state index contributed by atoms with van der Waals surface area (Å²) in [5, 5.41) is 0. The maximum Gasteiger partial charge on any atom is 0.333 e. The van der Waals surface area contributed by atoms with Gasteiger partial charge in [-0.05, 0) is 85.3 Å². The van der Waals surface area contributed by atoms with E-state index in [1.165, 1.54) is 0 Å². The summed E-state index contributed by atoms with van der Waals surface area (Å²) in [5.74, 6) is 0.328. The smallest absolute Gasteiger partial charge is 0.333 e. The molecule has 0 spiro atoms. The second-order valence-corrected chi connectivity index (χ2v) is 10.9. The van der Waals surface area contributed by atoms with E-state index in [1.807, 2.05) is 98.8 Å². The molecule has 0 aliphatic carbocycles. The fourth-order valence-electron chi connectivity index (χ4n) is 4.60. The molecular weight excluding hydrogens is 560 g/mol. The van der Waals surface area contributed by atoms with Crippen LogP contribution in [0.2, 0.25) is 0 Å².